The molecule has 1 aromatic carbocycles. The number of nitrogens with one attached hydrogen (secondary N) is 1. The van der Waals surface area contributed by atoms with E-state index in [-0.39, 0.29) is 15.8 Å². The fourth-order valence-electron chi connectivity index (χ4n) is 1.71. The molecule has 0 aliphatic heterocycles. The number of aromatic amines is 1. The first-order valence-electron chi connectivity index (χ1n) is 5.89. The summed E-state index contributed by atoms with van der Waals surface area (Å²) in [5.74, 6) is 0.0461. The molecule has 0 spiro atoms. The minimum Gasteiger partial charge on any atom is -0.492 e. The van der Waals surface area contributed by atoms with Gasteiger partial charge >= 0.3 is 0 Å². The fourth-order valence-corrected chi connectivity index (χ4v) is 1.90. The Balaban J connectivity index is 2.46. The number of benzene rings is 1. The van der Waals surface area contributed by atoms with Crippen LogP contribution in [0.15, 0.2) is 33.5 Å². The number of halogens is 1. The SMILES string of the molecule is CC(C)(C)c1ccc(-c2nc(O)c(Br)c(=O)[nH]2)cc1. The third-order valence-electron chi connectivity index (χ3n) is 2.87. The lowest BCUT2D eigenvalue weighted by Gasteiger charge is -2.19. The van der Waals surface area contributed by atoms with E-state index in [2.05, 4.69) is 46.7 Å². The molecule has 0 amide bonds. The van der Waals surface area contributed by atoms with Gasteiger partial charge in [-0.25, -0.2) is 0 Å². The van der Waals surface area contributed by atoms with Crippen molar-refractivity contribution in [2.24, 2.45) is 0 Å². The van der Waals surface area contributed by atoms with Crippen molar-refractivity contribution < 1.29 is 5.11 Å². The van der Waals surface area contributed by atoms with Crippen LogP contribution in [0.5, 0.6) is 5.88 Å². The van der Waals surface area contributed by atoms with Crippen LogP contribution < -0.4 is 5.56 Å². The highest BCUT2D eigenvalue weighted by Crippen LogP contribution is 2.25. The molecular weight excluding hydrogens is 308 g/mol. The molecule has 5 heteroatoms. The fraction of sp³-hybridized carbons (Fsp3) is 0.286. The zero-order valence-electron chi connectivity index (χ0n) is 11.0. The highest BCUT2D eigenvalue weighted by atomic mass is 79.9. The number of hydrogen-bond donors (Lipinski definition) is 2. The minimum atomic E-state index is -0.401. The van der Waals surface area contributed by atoms with Crippen molar-refractivity contribution in [3.63, 3.8) is 0 Å². The Labute approximate surface area is 119 Å². The molecule has 19 heavy (non-hydrogen) atoms. The number of aromatic nitrogens is 2. The van der Waals surface area contributed by atoms with E-state index >= 15 is 0 Å². The van der Waals surface area contributed by atoms with Crippen LogP contribution >= 0.6 is 15.9 Å². The summed E-state index contributed by atoms with van der Waals surface area (Å²) >= 11 is 2.97. The van der Waals surface area contributed by atoms with Gasteiger partial charge in [0.05, 0.1) is 0 Å². The second-order valence-electron chi connectivity index (χ2n) is 5.38. The lowest BCUT2D eigenvalue weighted by atomic mass is 9.87. The number of H-pyrrole nitrogens is 1. The Bertz CT molecular complexity index is 655. The summed E-state index contributed by atoms with van der Waals surface area (Å²) in [5.41, 5.74) is 1.62. The van der Waals surface area contributed by atoms with Crippen LogP contribution in [0.3, 0.4) is 0 Å². The van der Waals surface area contributed by atoms with E-state index in [1.807, 2.05) is 24.3 Å². The topological polar surface area (TPSA) is 66.0 Å². The van der Waals surface area contributed by atoms with Crippen LogP contribution in [0.25, 0.3) is 11.4 Å². The average Bonchev–Trinajstić information content (AvgIpc) is 2.34. The summed E-state index contributed by atoms with van der Waals surface area (Å²) in [6.07, 6.45) is 0. The summed E-state index contributed by atoms with van der Waals surface area (Å²) in [6.45, 7) is 6.40. The molecule has 0 aliphatic carbocycles. The smallest absolute Gasteiger partial charge is 0.269 e. The minimum absolute atomic E-state index is 0.0440. The maximum atomic E-state index is 11.6. The van der Waals surface area contributed by atoms with Gasteiger partial charge in [0, 0.05) is 5.56 Å². The van der Waals surface area contributed by atoms with E-state index in [1.165, 1.54) is 5.56 Å². The third-order valence-corrected chi connectivity index (χ3v) is 3.58. The summed E-state index contributed by atoms with van der Waals surface area (Å²) in [6, 6.07) is 7.75. The van der Waals surface area contributed by atoms with E-state index in [1.54, 1.807) is 0 Å². The monoisotopic (exact) mass is 322 g/mol. The second-order valence-corrected chi connectivity index (χ2v) is 6.17. The van der Waals surface area contributed by atoms with Crippen molar-refractivity contribution >= 4 is 15.9 Å². The molecule has 2 N–H and O–H groups in total. The molecule has 0 unspecified atom stereocenters. The largest absolute Gasteiger partial charge is 0.492 e. The van der Waals surface area contributed by atoms with Crippen molar-refractivity contribution in [1.82, 2.24) is 9.97 Å². The molecule has 2 rings (SSSR count). The molecule has 0 fully saturated rings. The second kappa shape index (κ2) is 4.81. The number of hydrogen-bond acceptors (Lipinski definition) is 3. The number of nitrogens with zero attached hydrogens (tertiary/aromatic N) is 1. The van der Waals surface area contributed by atoms with Crippen LogP contribution in [0.4, 0.5) is 0 Å². The van der Waals surface area contributed by atoms with Crippen molar-refractivity contribution in [1.29, 1.82) is 0 Å². The normalized spacial score (nSPS) is 11.6. The molecule has 1 aromatic heterocycles. The molecule has 0 atom stereocenters. The van der Waals surface area contributed by atoms with Crippen LogP contribution in [-0.2, 0) is 5.41 Å². The average molecular weight is 323 g/mol. The molecule has 100 valence electrons. The molecule has 0 radical (unpaired) electrons. The predicted octanol–water partition coefficient (Wildman–Crippen LogP) is 3.20. The molecule has 4 nitrogen and oxygen atoms in total. The van der Waals surface area contributed by atoms with Crippen molar-refractivity contribution in [2.75, 3.05) is 0 Å². The Kier molecular flexibility index (Phi) is 3.49. The maximum Gasteiger partial charge on any atom is 0.269 e. The summed E-state index contributed by atoms with van der Waals surface area (Å²) in [4.78, 5) is 18.1. The van der Waals surface area contributed by atoms with Gasteiger partial charge in [0.1, 0.15) is 10.3 Å². The van der Waals surface area contributed by atoms with E-state index in [9.17, 15) is 9.90 Å². The van der Waals surface area contributed by atoms with Gasteiger partial charge in [-0.3, -0.25) is 4.79 Å². The van der Waals surface area contributed by atoms with Gasteiger partial charge in [0.25, 0.3) is 5.56 Å². The maximum absolute atomic E-state index is 11.6. The quantitative estimate of drug-likeness (QED) is 0.847. The molecular formula is C14H15BrN2O2. The molecule has 2 aromatic rings. The standard InChI is InChI=1S/C14H15BrN2O2/c1-14(2,3)9-6-4-8(5-7-9)11-16-12(18)10(15)13(19)17-11/h4-7H,1-3H3,(H2,16,17,18,19). The molecule has 0 bridgehead atoms. The molecule has 0 saturated carbocycles. The number of rotatable bonds is 1. The van der Waals surface area contributed by atoms with Crippen LogP contribution in [0, 0.1) is 0 Å². The Morgan fingerprint density at radius 1 is 1.21 bits per heavy atom. The van der Waals surface area contributed by atoms with Crippen LogP contribution in [0.2, 0.25) is 0 Å². The first kappa shape index (κ1) is 13.8. The first-order valence-corrected chi connectivity index (χ1v) is 6.68. The lowest BCUT2D eigenvalue weighted by Crippen LogP contribution is -2.11. The van der Waals surface area contributed by atoms with Gasteiger partial charge in [-0.2, -0.15) is 4.98 Å². The zero-order chi connectivity index (χ0) is 14.2. The van der Waals surface area contributed by atoms with Gasteiger partial charge in [-0.1, -0.05) is 45.0 Å². The van der Waals surface area contributed by atoms with Gasteiger partial charge in [0.15, 0.2) is 0 Å². The molecule has 0 saturated heterocycles. The van der Waals surface area contributed by atoms with Crippen molar-refractivity contribution in [2.45, 2.75) is 26.2 Å². The highest BCUT2D eigenvalue weighted by Gasteiger charge is 2.14. The Morgan fingerprint density at radius 2 is 1.79 bits per heavy atom. The van der Waals surface area contributed by atoms with E-state index in [4.69, 9.17) is 0 Å². The summed E-state index contributed by atoms with van der Waals surface area (Å²) in [5, 5.41) is 9.55. The van der Waals surface area contributed by atoms with Crippen LogP contribution in [0.1, 0.15) is 26.3 Å². The van der Waals surface area contributed by atoms with E-state index in [0.29, 0.717) is 5.82 Å². The van der Waals surface area contributed by atoms with Crippen molar-refractivity contribution in [3.05, 3.63) is 44.7 Å². The number of aromatic hydroxyl groups is 1. The van der Waals surface area contributed by atoms with E-state index < -0.39 is 5.56 Å². The molecule has 1 heterocycles. The van der Waals surface area contributed by atoms with Crippen molar-refractivity contribution in [3.8, 4) is 17.3 Å². The summed E-state index contributed by atoms with van der Waals surface area (Å²) < 4.78 is 0.0440. The Morgan fingerprint density at radius 3 is 2.26 bits per heavy atom. The third kappa shape index (κ3) is 2.87. The van der Waals surface area contributed by atoms with E-state index in [0.717, 1.165) is 5.56 Å². The first-order chi connectivity index (χ1) is 8.79. The van der Waals surface area contributed by atoms with Gasteiger partial charge in [-0.15, -0.1) is 0 Å². The Hall–Kier alpha value is -1.62. The van der Waals surface area contributed by atoms with Gasteiger partial charge < -0.3 is 10.1 Å². The molecule has 0 aliphatic rings. The van der Waals surface area contributed by atoms with Gasteiger partial charge in [-0.05, 0) is 26.9 Å². The van der Waals surface area contributed by atoms with Gasteiger partial charge in [0.2, 0.25) is 5.88 Å². The summed E-state index contributed by atoms with van der Waals surface area (Å²) in [7, 11) is 0. The highest BCUT2D eigenvalue weighted by molar-refractivity contribution is 9.10. The lowest BCUT2D eigenvalue weighted by molar-refractivity contribution is 0.448. The zero-order valence-corrected chi connectivity index (χ0v) is 12.6. The van der Waals surface area contributed by atoms with Crippen LogP contribution in [-0.4, -0.2) is 15.1 Å². The predicted molar refractivity (Wildman–Crippen MR) is 78.4 cm³/mol.